The third-order valence-corrected chi connectivity index (χ3v) is 3.98. The lowest BCUT2D eigenvalue weighted by Crippen LogP contribution is -2.36. The van der Waals surface area contributed by atoms with Crippen molar-refractivity contribution in [3.8, 4) is 5.75 Å². The molecule has 112 valence electrons. The number of nitrogens with two attached hydrogens (primary N) is 1. The van der Waals surface area contributed by atoms with Gasteiger partial charge >= 0.3 is 0 Å². The first-order chi connectivity index (χ1) is 10.2. The van der Waals surface area contributed by atoms with Crippen LogP contribution in [0.5, 0.6) is 5.75 Å². The maximum absolute atomic E-state index is 12.5. The average molecular weight is 286 g/mol. The zero-order valence-electron chi connectivity index (χ0n) is 12.3. The molecule has 0 unspecified atom stereocenters. The summed E-state index contributed by atoms with van der Waals surface area (Å²) in [6.07, 6.45) is 8.96. The molecule has 0 atom stereocenters. The largest absolute Gasteiger partial charge is 0.484 e. The van der Waals surface area contributed by atoms with Crippen LogP contribution in [-0.2, 0) is 4.79 Å². The van der Waals surface area contributed by atoms with Gasteiger partial charge < -0.3 is 15.4 Å². The Kier molecular flexibility index (Phi) is 4.13. The number of ether oxygens (including phenoxy) is 1. The quantitative estimate of drug-likeness (QED) is 0.846. The first-order valence-corrected chi connectivity index (χ1v) is 7.73. The van der Waals surface area contributed by atoms with Crippen LogP contribution in [0.3, 0.4) is 0 Å². The fourth-order valence-electron chi connectivity index (χ4n) is 2.79. The highest BCUT2D eigenvalue weighted by Gasteiger charge is 2.35. The van der Waals surface area contributed by atoms with Crippen molar-refractivity contribution in [2.24, 2.45) is 0 Å². The molecule has 3 rings (SSSR count). The highest BCUT2D eigenvalue weighted by Crippen LogP contribution is 2.33. The summed E-state index contributed by atoms with van der Waals surface area (Å²) in [7, 11) is 0. The molecule has 2 aliphatic carbocycles. The summed E-state index contributed by atoms with van der Waals surface area (Å²) in [4.78, 5) is 14.5. The Hall–Kier alpha value is -1.97. The van der Waals surface area contributed by atoms with Gasteiger partial charge in [0.15, 0.2) is 6.61 Å². The first kappa shape index (κ1) is 14.0. The highest BCUT2D eigenvalue weighted by molar-refractivity contribution is 5.80. The van der Waals surface area contributed by atoms with Gasteiger partial charge in [-0.15, -0.1) is 0 Å². The van der Waals surface area contributed by atoms with E-state index in [2.05, 4.69) is 6.08 Å². The summed E-state index contributed by atoms with van der Waals surface area (Å²) in [6, 6.07) is 7.60. The molecule has 0 radical (unpaired) electrons. The Morgan fingerprint density at radius 2 is 2.19 bits per heavy atom. The van der Waals surface area contributed by atoms with Gasteiger partial charge in [-0.2, -0.15) is 0 Å². The Morgan fingerprint density at radius 1 is 1.33 bits per heavy atom. The zero-order chi connectivity index (χ0) is 14.7. The monoisotopic (exact) mass is 286 g/mol. The van der Waals surface area contributed by atoms with E-state index in [4.69, 9.17) is 10.5 Å². The maximum Gasteiger partial charge on any atom is 0.264 e. The summed E-state index contributed by atoms with van der Waals surface area (Å²) in [5, 5.41) is 0. The zero-order valence-corrected chi connectivity index (χ0v) is 12.3. The smallest absolute Gasteiger partial charge is 0.264 e. The van der Waals surface area contributed by atoms with Gasteiger partial charge in [0.05, 0.1) is 0 Å². The van der Waals surface area contributed by atoms with Gasteiger partial charge in [-0.1, -0.05) is 12.1 Å². The van der Waals surface area contributed by atoms with E-state index in [1.54, 1.807) is 12.1 Å². The molecule has 2 aliphatic rings. The SMILES string of the molecule is Nc1cccc(OCC(=O)N(C2=CCCCC2)C2CC2)c1. The lowest BCUT2D eigenvalue weighted by molar-refractivity contribution is -0.132. The van der Waals surface area contributed by atoms with Crippen molar-refractivity contribution in [3.05, 3.63) is 36.0 Å². The van der Waals surface area contributed by atoms with Crippen LogP contribution >= 0.6 is 0 Å². The molecule has 0 bridgehead atoms. The molecule has 0 aliphatic heterocycles. The molecule has 0 saturated heterocycles. The highest BCUT2D eigenvalue weighted by atomic mass is 16.5. The van der Waals surface area contributed by atoms with Crippen LogP contribution < -0.4 is 10.5 Å². The van der Waals surface area contributed by atoms with E-state index in [1.165, 1.54) is 18.5 Å². The summed E-state index contributed by atoms with van der Waals surface area (Å²) in [6.45, 7) is 0.0806. The predicted octanol–water partition coefficient (Wildman–Crippen LogP) is 3.10. The van der Waals surface area contributed by atoms with Crippen molar-refractivity contribution in [2.45, 2.75) is 44.6 Å². The Balaban J connectivity index is 1.63. The number of hydrogen-bond donors (Lipinski definition) is 1. The van der Waals surface area contributed by atoms with E-state index in [-0.39, 0.29) is 12.5 Å². The van der Waals surface area contributed by atoms with Crippen molar-refractivity contribution in [1.82, 2.24) is 4.90 Å². The van der Waals surface area contributed by atoms with Crippen molar-refractivity contribution < 1.29 is 9.53 Å². The molecule has 21 heavy (non-hydrogen) atoms. The lowest BCUT2D eigenvalue weighted by atomic mass is 10.0. The summed E-state index contributed by atoms with van der Waals surface area (Å²) in [5.41, 5.74) is 7.56. The van der Waals surface area contributed by atoms with Gasteiger partial charge in [0.1, 0.15) is 5.75 Å². The van der Waals surface area contributed by atoms with Gasteiger partial charge in [0.2, 0.25) is 0 Å². The predicted molar refractivity (Wildman–Crippen MR) is 82.8 cm³/mol. The number of allylic oxidation sites excluding steroid dienone is 2. The number of carbonyl (C=O) groups is 1. The Morgan fingerprint density at radius 3 is 2.86 bits per heavy atom. The first-order valence-electron chi connectivity index (χ1n) is 7.73. The van der Waals surface area contributed by atoms with Crippen LogP contribution in [0.15, 0.2) is 36.0 Å². The molecule has 1 amide bonds. The minimum atomic E-state index is 0.0630. The van der Waals surface area contributed by atoms with Gasteiger partial charge in [-0.3, -0.25) is 4.79 Å². The van der Waals surface area contributed by atoms with Crippen molar-refractivity contribution >= 4 is 11.6 Å². The van der Waals surface area contributed by atoms with Crippen LogP contribution in [0.4, 0.5) is 5.69 Å². The molecular formula is C17H22N2O2. The standard InChI is InChI=1S/C17H22N2O2/c18-13-5-4-8-16(11-13)21-12-17(20)19(15-9-10-15)14-6-2-1-3-7-14/h4-6,8,11,15H,1-3,7,9-10,12,18H2. The molecule has 4 nitrogen and oxygen atoms in total. The number of nitrogens with zero attached hydrogens (tertiary/aromatic N) is 1. The minimum absolute atomic E-state index is 0.0630. The van der Waals surface area contributed by atoms with Crippen LogP contribution in [0.25, 0.3) is 0 Å². The Bertz CT molecular complexity index is 549. The van der Waals surface area contributed by atoms with Crippen molar-refractivity contribution in [3.63, 3.8) is 0 Å². The number of hydrogen-bond acceptors (Lipinski definition) is 3. The fourth-order valence-corrected chi connectivity index (χ4v) is 2.79. The average Bonchev–Trinajstić information content (AvgIpc) is 3.31. The molecule has 1 aromatic rings. The topological polar surface area (TPSA) is 55.6 Å². The summed E-state index contributed by atoms with van der Waals surface area (Å²) >= 11 is 0. The second-order valence-corrected chi connectivity index (χ2v) is 5.80. The fraction of sp³-hybridized carbons (Fsp3) is 0.471. The summed E-state index contributed by atoms with van der Waals surface area (Å²) in [5.74, 6) is 0.713. The van der Waals surface area contributed by atoms with Crippen LogP contribution in [0, 0.1) is 0 Å². The number of nitrogen functional groups attached to an aromatic ring is 1. The molecule has 0 heterocycles. The number of rotatable bonds is 5. The van der Waals surface area contributed by atoms with Crippen molar-refractivity contribution in [2.75, 3.05) is 12.3 Å². The molecule has 2 N–H and O–H groups in total. The number of anilines is 1. The van der Waals surface area contributed by atoms with E-state index < -0.39 is 0 Å². The van der Waals surface area contributed by atoms with Gasteiger partial charge in [0, 0.05) is 23.5 Å². The second kappa shape index (κ2) is 6.20. The van der Waals surface area contributed by atoms with E-state index in [9.17, 15) is 4.79 Å². The van der Waals surface area contributed by atoms with Crippen LogP contribution in [-0.4, -0.2) is 23.5 Å². The lowest BCUT2D eigenvalue weighted by Gasteiger charge is -2.27. The Labute approximate surface area is 125 Å². The number of carbonyl (C=O) groups excluding carboxylic acids is 1. The normalized spacial score (nSPS) is 18.0. The molecular weight excluding hydrogens is 264 g/mol. The molecule has 1 fully saturated rings. The van der Waals surface area contributed by atoms with Crippen LogP contribution in [0.2, 0.25) is 0 Å². The molecule has 4 heteroatoms. The van der Waals surface area contributed by atoms with Crippen molar-refractivity contribution in [1.29, 1.82) is 0 Å². The van der Waals surface area contributed by atoms with E-state index in [0.717, 1.165) is 25.7 Å². The number of benzene rings is 1. The third kappa shape index (κ3) is 3.57. The molecule has 1 saturated carbocycles. The van der Waals surface area contributed by atoms with E-state index in [0.29, 0.717) is 17.5 Å². The second-order valence-electron chi connectivity index (χ2n) is 5.80. The van der Waals surface area contributed by atoms with Crippen LogP contribution in [0.1, 0.15) is 38.5 Å². The molecule has 0 spiro atoms. The van der Waals surface area contributed by atoms with Gasteiger partial charge in [-0.25, -0.2) is 0 Å². The third-order valence-electron chi connectivity index (χ3n) is 3.98. The van der Waals surface area contributed by atoms with E-state index in [1.807, 2.05) is 17.0 Å². The molecule has 0 aromatic heterocycles. The number of amides is 1. The minimum Gasteiger partial charge on any atom is -0.484 e. The maximum atomic E-state index is 12.5. The summed E-state index contributed by atoms with van der Waals surface area (Å²) < 4.78 is 5.60. The molecule has 1 aromatic carbocycles. The van der Waals surface area contributed by atoms with Gasteiger partial charge in [0.25, 0.3) is 5.91 Å². The van der Waals surface area contributed by atoms with Gasteiger partial charge in [-0.05, 0) is 50.7 Å². The van der Waals surface area contributed by atoms with E-state index >= 15 is 0 Å².